The Morgan fingerprint density at radius 2 is 2.29 bits per heavy atom. The van der Waals surface area contributed by atoms with Crippen LogP contribution in [0.2, 0.25) is 0 Å². The van der Waals surface area contributed by atoms with Crippen LogP contribution < -0.4 is 4.90 Å². The average Bonchev–Trinajstić information content (AvgIpc) is 2.72. The lowest BCUT2D eigenvalue weighted by atomic mass is 9.95. The minimum atomic E-state index is 0.807. The summed E-state index contributed by atoms with van der Waals surface area (Å²) < 4.78 is 0. The predicted molar refractivity (Wildman–Crippen MR) is 62.4 cm³/mol. The molecule has 0 spiro atoms. The number of hydrogen-bond acceptors (Lipinski definition) is 3. The summed E-state index contributed by atoms with van der Waals surface area (Å²) in [6.07, 6.45) is 5.59. The van der Waals surface area contributed by atoms with Gasteiger partial charge in [0.25, 0.3) is 0 Å². The van der Waals surface area contributed by atoms with Gasteiger partial charge in [-0.25, -0.2) is 4.98 Å². The summed E-state index contributed by atoms with van der Waals surface area (Å²) in [5.41, 5.74) is 0. The molecule has 0 amide bonds. The normalized spacial score (nSPS) is 18.8. The summed E-state index contributed by atoms with van der Waals surface area (Å²) in [5, 5.41) is 3.22. The molecule has 1 aromatic rings. The van der Waals surface area contributed by atoms with Crippen molar-refractivity contribution in [3.63, 3.8) is 0 Å². The Bertz CT molecular complexity index is 255. The second-order valence-corrected chi connectivity index (χ2v) is 4.97. The maximum Gasteiger partial charge on any atom is 0.185 e. The van der Waals surface area contributed by atoms with Gasteiger partial charge in [-0.1, -0.05) is 0 Å². The molecule has 14 heavy (non-hydrogen) atoms. The molecular weight excluding hydrogens is 216 g/mol. The van der Waals surface area contributed by atoms with Crippen molar-refractivity contribution in [1.82, 2.24) is 4.98 Å². The molecule has 0 saturated carbocycles. The van der Waals surface area contributed by atoms with E-state index >= 15 is 0 Å². The van der Waals surface area contributed by atoms with Crippen molar-refractivity contribution >= 4 is 28.1 Å². The quantitative estimate of drug-likeness (QED) is 0.743. The molecular formula is C10H15ClN2S. The van der Waals surface area contributed by atoms with Crippen LogP contribution in [-0.4, -0.2) is 24.0 Å². The molecule has 2 rings (SSSR count). The summed E-state index contributed by atoms with van der Waals surface area (Å²) in [6.45, 7) is 2.30. The Morgan fingerprint density at radius 1 is 1.50 bits per heavy atom. The van der Waals surface area contributed by atoms with E-state index in [0.717, 1.165) is 24.9 Å². The third kappa shape index (κ3) is 2.39. The fourth-order valence-electron chi connectivity index (χ4n) is 1.94. The smallest absolute Gasteiger partial charge is 0.185 e. The van der Waals surface area contributed by atoms with Crippen LogP contribution in [0.15, 0.2) is 11.6 Å². The lowest BCUT2D eigenvalue weighted by Gasteiger charge is -2.31. The molecule has 1 aliphatic heterocycles. The van der Waals surface area contributed by atoms with E-state index in [0.29, 0.717) is 0 Å². The van der Waals surface area contributed by atoms with Gasteiger partial charge in [0.1, 0.15) is 0 Å². The molecule has 0 atom stereocenters. The minimum absolute atomic E-state index is 0.807. The van der Waals surface area contributed by atoms with Crippen LogP contribution >= 0.6 is 22.9 Å². The molecule has 0 aliphatic carbocycles. The van der Waals surface area contributed by atoms with Crippen molar-refractivity contribution in [1.29, 1.82) is 0 Å². The highest BCUT2D eigenvalue weighted by Crippen LogP contribution is 2.26. The van der Waals surface area contributed by atoms with Gasteiger partial charge in [0.2, 0.25) is 0 Å². The molecule has 2 heterocycles. The monoisotopic (exact) mass is 230 g/mol. The van der Waals surface area contributed by atoms with Crippen LogP contribution in [0.4, 0.5) is 5.13 Å². The number of nitrogens with zero attached hydrogens (tertiary/aromatic N) is 2. The fourth-order valence-corrected chi connectivity index (χ4v) is 2.94. The van der Waals surface area contributed by atoms with Gasteiger partial charge in [-0.15, -0.1) is 22.9 Å². The number of thiazole rings is 1. The SMILES string of the molecule is ClCCC1CCN(c2nccs2)CC1. The molecule has 2 nitrogen and oxygen atoms in total. The van der Waals surface area contributed by atoms with E-state index in [2.05, 4.69) is 9.88 Å². The summed E-state index contributed by atoms with van der Waals surface area (Å²) >= 11 is 7.48. The third-order valence-corrected chi connectivity index (χ3v) is 3.87. The molecule has 1 saturated heterocycles. The molecule has 0 radical (unpaired) electrons. The molecule has 0 aromatic carbocycles. The lowest BCUT2D eigenvalue weighted by Crippen LogP contribution is -2.33. The number of aromatic nitrogens is 1. The summed E-state index contributed by atoms with van der Waals surface area (Å²) in [5.74, 6) is 1.64. The first kappa shape index (κ1) is 10.2. The number of halogens is 1. The van der Waals surface area contributed by atoms with Gasteiger partial charge < -0.3 is 4.90 Å². The average molecular weight is 231 g/mol. The number of anilines is 1. The van der Waals surface area contributed by atoms with E-state index in [9.17, 15) is 0 Å². The van der Waals surface area contributed by atoms with Crippen molar-refractivity contribution < 1.29 is 0 Å². The lowest BCUT2D eigenvalue weighted by molar-refractivity contribution is 0.396. The Kier molecular flexibility index (Phi) is 3.65. The number of piperidine rings is 1. The molecule has 0 unspecified atom stereocenters. The maximum absolute atomic E-state index is 5.75. The van der Waals surface area contributed by atoms with E-state index in [1.807, 2.05) is 11.6 Å². The number of alkyl halides is 1. The third-order valence-electron chi connectivity index (χ3n) is 2.82. The highest BCUT2D eigenvalue weighted by molar-refractivity contribution is 7.13. The van der Waals surface area contributed by atoms with Crippen molar-refractivity contribution in [3.05, 3.63) is 11.6 Å². The van der Waals surface area contributed by atoms with Crippen LogP contribution in [0.3, 0.4) is 0 Å². The first-order chi connectivity index (χ1) is 6.90. The Hall–Kier alpha value is -0.280. The molecule has 1 aromatic heterocycles. The van der Waals surface area contributed by atoms with E-state index in [1.54, 1.807) is 11.3 Å². The first-order valence-electron chi connectivity index (χ1n) is 5.10. The van der Waals surface area contributed by atoms with E-state index in [4.69, 9.17) is 11.6 Å². The fraction of sp³-hybridized carbons (Fsp3) is 0.700. The summed E-state index contributed by atoms with van der Waals surface area (Å²) in [6, 6.07) is 0. The molecule has 4 heteroatoms. The molecule has 1 aliphatic rings. The van der Waals surface area contributed by atoms with Gasteiger partial charge in [-0.05, 0) is 25.2 Å². The Labute approximate surface area is 93.9 Å². The minimum Gasteiger partial charge on any atom is -0.348 e. The topological polar surface area (TPSA) is 16.1 Å². The molecule has 1 fully saturated rings. The molecule has 0 bridgehead atoms. The largest absolute Gasteiger partial charge is 0.348 e. The molecule has 0 N–H and O–H groups in total. The zero-order valence-electron chi connectivity index (χ0n) is 8.16. The standard InChI is InChI=1S/C10H15ClN2S/c11-4-1-9-2-6-13(7-3-9)10-12-5-8-14-10/h5,8-9H,1-4,6-7H2. The van der Waals surface area contributed by atoms with Gasteiger partial charge >= 0.3 is 0 Å². The second-order valence-electron chi connectivity index (χ2n) is 3.72. The van der Waals surface area contributed by atoms with Crippen LogP contribution in [0.25, 0.3) is 0 Å². The highest BCUT2D eigenvalue weighted by Gasteiger charge is 2.19. The van der Waals surface area contributed by atoms with Crippen LogP contribution in [0.5, 0.6) is 0 Å². The van der Waals surface area contributed by atoms with Crippen molar-refractivity contribution in [2.75, 3.05) is 23.9 Å². The summed E-state index contributed by atoms with van der Waals surface area (Å²) in [7, 11) is 0. The van der Waals surface area contributed by atoms with E-state index in [-0.39, 0.29) is 0 Å². The van der Waals surface area contributed by atoms with Crippen molar-refractivity contribution in [3.8, 4) is 0 Å². The van der Waals surface area contributed by atoms with Gasteiger partial charge in [0, 0.05) is 30.5 Å². The maximum atomic E-state index is 5.75. The van der Waals surface area contributed by atoms with Crippen LogP contribution in [-0.2, 0) is 0 Å². The van der Waals surface area contributed by atoms with Gasteiger partial charge in [-0.3, -0.25) is 0 Å². The van der Waals surface area contributed by atoms with Crippen LogP contribution in [0.1, 0.15) is 19.3 Å². The van der Waals surface area contributed by atoms with Gasteiger partial charge in [-0.2, -0.15) is 0 Å². The zero-order valence-corrected chi connectivity index (χ0v) is 9.73. The first-order valence-corrected chi connectivity index (χ1v) is 6.52. The Morgan fingerprint density at radius 3 is 2.86 bits per heavy atom. The number of rotatable bonds is 3. The van der Waals surface area contributed by atoms with Gasteiger partial charge in [0.15, 0.2) is 5.13 Å². The Balaban J connectivity index is 1.84. The zero-order chi connectivity index (χ0) is 9.80. The highest BCUT2D eigenvalue weighted by atomic mass is 35.5. The predicted octanol–water partition coefficient (Wildman–Crippen LogP) is 2.99. The van der Waals surface area contributed by atoms with Crippen molar-refractivity contribution in [2.45, 2.75) is 19.3 Å². The van der Waals surface area contributed by atoms with E-state index < -0.39 is 0 Å². The second kappa shape index (κ2) is 4.99. The molecule has 78 valence electrons. The van der Waals surface area contributed by atoms with Gasteiger partial charge in [0.05, 0.1) is 0 Å². The number of hydrogen-bond donors (Lipinski definition) is 0. The van der Waals surface area contributed by atoms with Crippen molar-refractivity contribution in [2.24, 2.45) is 5.92 Å². The summed E-state index contributed by atoms with van der Waals surface area (Å²) in [4.78, 5) is 6.71. The van der Waals surface area contributed by atoms with Crippen LogP contribution in [0, 0.1) is 5.92 Å². The van der Waals surface area contributed by atoms with E-state index in [1.165, 1.54) is 24.4 Å².